The monoisotopic (exact) mass is 260 g/mol. The Labute approximate surface area is 113 Å². The zero-order valence-corrected chi connectivity index (χ0v) is 12.2. The molecule has 0 bridgehead atoms. The molecular formula is C15H32O3. The van der Waals surface area contributed by atoms with Crippen LogP contribution in [0.1, 0.15) is 90.4 Å². The minimum absolute atomic E-state index is 0.494. The van der Waals surface area contributed by atoms with E-state index in [0.717, 1.165) is 6.42 Å². The first kappa shape index (κ1) is 17.9. The van der Waals surface area contributed by atoms with Gasteiger partial charge in [0.25, 0.3) is 0 Å². The van der Waals surface area contributed by atoms with E-state index in [0.29, 0.717) is 6.61 Å². The zero-order chi connectivity index (χ0) is 13.3. The Morgan fingerprint density at radius 3 is 1.39 bits per heavy atom. The van der Waals surface area contributed by atoms with Crippen molar-refractivity contribution in [1.82, 2.24) is 0 Å². The lowest BCUT2D eigenvalue weighted by atomic mass is 10.0. The summed E-state index contributed by atoms with van der Waals surface area (Å²) in [5, 5.41) is 11.5. The molecule has 0 radical (unpaired) electrons. The van der Waals surface area contributed by atoms with E-state index in [4.69, 9.17) is 5.26 Å². The van der Waals surface area contributed by atoms with Gasteiger partial charge in [0.2, 0.25) is 0 Å². The number of rotatable bonds is 15. The Kier molecular flexibility index (Phi) is 16.8. The molecule has 0 rings (SSSR count). The van der Waals surface area contributed by atoms with Crippen LogP contribution in [0.15, 0.2) is 0 Å². The lowest BCUT2D eigenvalue weighted by molar-refractivity contribution is -0.490. The maximum atomic E-state index is 7.94. The molecule has 1 N–H and O–H groups in total. The maximum absolute atomic E-state index is 7.94. The summed E-state index contributed by atoms with van der Waals surface area (Å²) in [5.41, 5.74) is 0. The summed E-state index contributed by atoms with van der Waals surface area (Å²) < 4.78 is 0. The highest BCUT2D eigenvalue weighted by Crippen LogP contribution is 2.12. The van der Waals surface area contributed by atoms with E-state index in [-0.39, 0.29) is 0 Å². The van der Waals surface area contributed by atoms with Gasteiger partial charge in [-0.1, -0.05) is 89.0 Å². The van der Waals surface area contributed by atoms with Gasteiger partial charge in [0.1, 0.15) is 0 Å². The van der Waals surface area contributed by atoms with E-state index in [1.807, 2.05) is 0 Å². The van der Waals surface area contributed by atoms with Crippen molar-refractivity contribution in [2.45, 2.75) is 90.4 Å². The van der Waals surface area contributed by atoms with Crippen molar-refractivity contribution in [1.29, 1.82) is 0 Å². The summed E-state index contributed by atoms with van der Waals surface area (Å²) in [5.74, 6) is 0. The molecule has 3 heteroatoms. The first-order valence-electron chi connectivity index (χ1n) is 7.85. The van der Waals surface area contributed by atoms with Crippen LogP contribution in [0, 0.1) is 0 Å². The third kappa shape index (κ3) is 15.9. The van der Waals surface area contributed by atoms with Crippen molar-refractivity contribution in [2.75, 3.05) is 6.61 Å². The van der Waals surface area contributed by atoms with Crippen LogP contribution < -0.4 is 0 Å². The molecule has 0 heterocycles. The molecule has 0 unspecified atom stereocenters. The highest BCUT2D eigenvalue weighted by atomic mass is 17.5. The van der Waals surface area contributed by atoms with Crippen LogP contribution in [-0.4, -0.2) is 11.9 Å². The van der Waals surface area contributed by atoms with Crippen LogP contribution in [0.5, 0.6) is 0 Å². The molecule has 0 aromatic heterocycles. The molecule has 0 fully saturated rings. The van der Waals surface area contributed by atoms with E-state index in [1.165, 1.54) is 77.0 Å². The fraction of sp³-hybridized carbons (Fsp3) is 1.00. The van der Waals surface area contributed by atoms with Gasteiger partial charge in [-0.05, 0) is 6.42 Å². The topological polar surface area (TPSA) is 38.7 Å². The SMILES string of the molecule is CCCCCCCCCCCCCCCOOO. The molecular weight excluding hydrogens is 228 g/mol. The molecule has 0 spiro atoms. The fourth-order valence-corrected chi connectivity index (χ4v) is 2.22. The van der Waals surface area contributed by atoms with Crippen LogP contribution in [0.25, 0.3) is 0 Å². The van der Waals surface area contributed by atoms with Crippen molar-refractivity contribution >= 4 is 0 Å². The quantitative estimate of drug-likeness (QED) is 0.240. The fourth-order valence-electron chi connectivity index (χ4n) is 2.22. The third-order valence-electron chi connectivity index (χ3n) is 3.38. The molecule has 0 saturated heterocycles. The second-order valence-corrected chi connectivity index (χ2v) is 5.14. The summed E-state index contributed by atoms with van der Waals surface area (Å²) in [4.78, 5) is 4.39. The molecule has 0 aliphatic carbocycles. The molecule has 3 nitrogen and oxygen atoms in total. The number of unbranched alkanes of at least 4 members (excludes halogenated alkanes) is 12. The smallest absolute Gasteiger partial charge is 0.0853 e. The van der Waals surface area contributed by atoms with Crippen molar-refractivity contribution in [3.8, 4) is 0 Å². The first-order valence-corrected chi connectivity index (χ1v) is 7.85. The van der Waals surface area contributed by atoms with Crippen molar-refractivity contribution in [3.05, 3.63) is 0 Å². The van der Waals surface area contributed by atoms with Gasteiger partial charge >= 0.3 is 0 Å². The van der Waals surface area contributed by atoms with E-state index in [1.54, 1.807) is 0 Å². The van der Waals surface area contributed by atoms with E-state index < -0.39 is 0 Å². The zero-order valence-electron chi connectivity index (χ0n) is 12.2. The molecule has 110 valence electrons. The number of hydrogen-bond donors (Lipinski definition) is 1. The standard InChI is InChI=1S/C15H32O3/c1-2-3-4-5-6-7-8-9-10-11-12-13-14-15-17-18-16/h16H,2-15H2,1H3. The second-order valence-electron chi connectivity index (χ2n) is 5.14. The summed E-state index contributed by atoms with van der Waals surface area (Å²) in [6.45, 7) is 2.76. The summed E-state index contributed by atoms with van der Waals surface area (Å²) in [6.07, 6.45) is 17.4. The van der Waals surface area contributed by atoms with Crippen molar-refractivity contribution in [3.63, 3.8) is 0 Å². The Morgan fingerprint density at radius 1 is 0.611 bits per heavy atom. The average Bonchev–Trinajstić information content (AvgIpc) is 2.39. The lowest BCUT2D eigenvalue weighted by Crippen LogP contribution is -1.92. The molecule has 0 amide bonds. The lowest BCUT2D eigenvalue weighted by Gasteiger charge is -2.02. The van der Waals surface area contributed by atoms with Crippen LogP contribution in [0.2, 0.25) is 0 Å². The minimum Gasteiger partial charge on any atom is -0.221 e. The maximum Gasteiger partial charge on any atom is 0.0853 e. The Bertz CT molecular complexity index is 124. The predicted molar refractivity (Wildman–Crippen MR) is 75.4 cm³/mol. The minimum atomic E-state index is 0.494. The molecule has 0 aliphatic heterocycles. The van der Waals surface area contributed by atoms with E-state index in [9.17, 15) is 0 Å². The normalized spacial score (nSPS) is 11.0. The van der Waals surface area contributed by atoms with Crippen LogP contribution in [0.4, 0.5) is 0 Å². The molecule has 0 atom stereocenters. The Hall–Kier alpha value is -0.120. The first-order chi connectivity index (χ1) is 8.91. The van der Waals surface area contributed by atoms with Gasteiger partial charge in [0.15, 0.2) is 0 Å². The largest absolute Gasteiger partial charge is 0.221 e. The molecule has 18 heavy (non-hydrogen) atoms. The molecule has 0 aromatic carbocycles. The third-order valence-corrected chi connectivity index (χ3v) is 3.38. The summed E-state index contributed by atoms with van der Waals surface area (Å²) in [6, 6.07) is 0. The summed E-state index contributed by atoms with van der Waals surface area (Å²) >= 11 is 0. The highest BCUT2D eigenvalue weighted by molar-refractivity contribution is 4.48. The van der Waals surface area contributed by atoms with Crippen molar-refractivity contribution in [2.24, 2.45) is 0 Å². The van der Waals surface area contributed by atoms with E-state index >= 15 is 0 Å². The van der Waals surface area contributed by atoms with Gasteiger partial charge < -0.3 is 0 Å². The average molecular weight is 260 g/mol. The number of hydrogen-bond acceptors (Lipinski definition) is 3. The van der Waals surface area contributed by atoms with Gasteiger partial charge in [-0.3, -0.25) is 0 Å². The van der Waals surface area contributed by atoms with Crippen LogP contribution >= 0.6 is 0 Å². The highest BCUT2D eigenvalue weighted by Gasteiger charge is 1.94. The summed E-state index contributed by atoms with van der Waals surface area (Å²) in [7, 11) is 0. The van der Waals surface area contributed by atoms with Gasteiger partial charge in [-0.2, -0.15) is 0 Å². The van der Waals surface area contributed by atoms with Crippen LogP contribution in [0.3, 0.4) is 0 Å². The van der Waals surface area contributed by atoms with Gasteiger partial charge in [-0.25, -0.2) is 10.1 Å². The van der Waals surface area contributed by atoms with E-state index in [2.05, 4.69) is 16.8 Å². The van der Waals surface area contributed by atoms with Crippen molar-refractivity contribution < 1.29 is 15.2 Å². The molecule has 0 aliphatic rings. The Balaban J connectivity index is 2.86. The Morgan fingerprint density at radius 2 is 1.00 bits per heavy atom. The molecule has 0 saturated carbocycles. The van der Waals surface area contributed by atoms with Gasteiger partial charge in [0, 0.05) is 0 Å². The van der Waals surface area contributed by atoms with Gasteiger partial charge in [0.05, 0.1) is 6.61 Å². The van der Waals surface area contributed by atoms with Gasteiger partial charge in [-0.15, -0.1) is 0 Å². The second kappa shape index (κ2) is 16.9. The molecule has 0 aromatic rings. The van der Waals surface area contributed by atoms with Crippen LogP contribution in [-0.2, 0) is 9.93 Å². The predicted octanol–water partition coefficient (Wildman–Crippen LogP) is 5.50.